The molecule has 4 nitrogen and oxygen atoms in total. The third-order valence-electron chi connectivity index (χ3n) is 3.22. The Hall–Kier alpha value is -1.30. The molecule has 1 aromatic rings. The molecule has 0 aromatic heterocycles. The second kappa shape index (κ2) is 6.54. The van der Waals surface area contributed by atoms with Crippen molar-refractivity contribution in [3.05, 3.63) is 24.3 Å². The van der Waals surface area contributed by atoms with Gasteiger partial charge in [-0.15, -0.1) is 3.77 Å². The van der Waals surface area contributed by atoms with Gasteiger partial charge in [0.25, 0.3) is 0 Å². The smallest absolute Gasteiger partial charge is 0.372 e. The Kier molecular flexibility index (Phi) is 5.19. The minimum atomic E-state index is -6.25. The minimum Gasteiger partial charge on any atom is -0.372 e. The largest absolute Gasteiger partial charge is 0.519 e. The number of nitrogens with zero attached hydrogens (tertiary/aromatic N) is 2. The first kappa shape index (κ1) is 19.0. The molecule has 12 heteroatoms. The van der Waals surface area contributed by atoms with Crippen LogP contribution in [-0.2, 0) is 20.7 Å². The first-order chi connectivity index (χ1) is 10.9. The Bertz CT molecular complexity index is 719. The van der Waals surface area contributed by atoms with Gasteiger partial charge in [0.15, 0.2) is 0 Å². The van der Waals surface area contributed by atoms with E-state index in [4.69, 9.17) is 0 Å². The summed E-state index contributed by atoms with van der Waals surface area (Å²) in [6.45, 7) is 1.47. The van der Waals surface area contributed by atoms with Crippen molar-refractivity contribution in [3.8, 4) is 0 Å². The van der Waals surface area contributed by atoms with Crippen LogP contribution in [0.1, 0.15) is 12.8 Å². The Morgan fingerprint density at radius 2 is 1.46 bits per heavy atom. The summed E-state index contributed by atoms with van der Waals surface area (Å²) in [4.78, 5) is 1.28. The van der Waals surface area contributed by atoms with E-state index in [9.17, 15) is 34.8 Å². The number of hydrogen-bond donors (Lipinski definition) is 0. The highest BCUT2D eigenvalue weighted by molar-refractivity contribution is 8.01. The van der Waals surface area contributed by atoms with Gasteiger partial charge < -0.3 is 4.90 Å². The normalized spacial score (nSPS) is 18.2. The zero-order valence-electron chi connectivity index (χ0n) is 11.9. The number of alkyl halides is 6. The standard InChI is InChI=1S/C12H12F6N2O2S2/c13-11(14,15)23(19-24(21,22)12(16,17)18)10-5-3-9(4-6-10)20-7-1-2-8-20/h3-6H,1-2,7-8H2. The van der Waals surface area contributed by atoms with Gasteiger partial charge in [0.05, 0.1) is 10.7 Å². The van der Waals surface area contributed by atoms with Gasteiger partial charge in [-0.05, 0) is 37.1 Å². The predicted molar refractivity (Wildman–Crippen MR) is 77.0 cm³/mol. The number of anilines is 1. The van der Waals surface area contributed by atoms with E-state index in [0.717, 1.165) is 38.1 Å². The molecule has 0 aliphatic carbocycles. The third kappa shape index (κ3) is 4.21. The van der Waals surface area contributed by atoms with Crippen molar-refractivity contribution < 1.29 is 34.8 Å². The zero-order chi connectivity index (χ0) is 18.2. The van der Waals surface area contributed by atoms with Crippen LogP contribution in [0.3, 0.4) is 0 Å². The molecule has 24 heavy (non-hydrogen) atoms. The minimum absolute atomic E-state index is 0.626. The lowest BCUT2D eigenvalue weighted by Gasteiger charge is -2.18. The molecule has 1 aromatic carbocycles. The van der Waals surface area contributed by atoms with E-state index in [1.54, 1.807) is 0 Å². The van der Waals surface area contributed by atoms with E-state index < -0.39 is 36.6 Å². The maximum atomic E-state index is 13.0. The molecule has 0 saturated carbocycles. The van der Waals surface area contributed by atoms with E-state index >= 15 is 0 Å². The summed E-state index contributed by atoms with van der Waals surface area (Å²) in [6, 6.07) is 4.56. The van der Waals surface area contributed by atoms with E-state index in [1.165, 1.54) is 12.1 Å². The van der Waals surface area contributed by atoms with Gasteiger partial charge in [0.2, 0.25) is 0 Å². The fraction of sp³-hybridized carbons (Fsp3) is 0.500. The summed E-state index contributed by atoms with van der Waals surface area (Å²) in [5.41, 5.74) is -10.5. The van der Waals surface area contributed by atoms with Gasteiger partial charge in [0, 0.05) is 23.7 Å². The van der Waals surface area contributed by atoms with Crippen LogP contribution in [0.4, 0.5) is 32.0 Å². The molecule has 1 fully saturated rings. The molecule has 2 rings (SSSR count). The second-order valence-corrected chi connectivity index (χ2v) is 8.43. The molecule has 1 heterocycles. The summed E-state index contributed by atoms with van der Waals surface area (Å²) in [5.74, 6) is 0. The molecule has 0 bridgehead atoms. The van der Waals surface area contributed by atoms with Crippen LogP contribution in [0.2, 0.25) is 0 Å². The van der Waals surface area contributed by atoms with E-state index in [2.05, 4.69) is 3.77 Å². The third-order valence-corrected chi connectivity index (χ3v) is 6.34. The number of hydrogen-bond acceptors (Lipinski definition) is 3. The molecule has 0 amide bonds. The van der Waals surface area contributed by atoms with Crippen LogP contribution in [0.25, 0.3) is 0 Å². The molecule has 1 aliphatic heterocycles. The summed E-state index contributed by atoms with van der Waals surface area (Å²) < 4.78 is 100.0. The first-order valence-corrected chi connectivity index (χ1v) is 9.24. The molecule has 0 N–H and O–H groups in total. The topological polar surface area (TPSA) is 49.7 Å². The van der Waals surface area contributed by atoms with Gasteiger partial charge in [-0.25, -0.2) is 0 Å². The summed E-state index contributed by atoms with van der Waals surface area (Å²) in [5, 5.41) is 0. The highest BCUT2D eigenvalue weighted by Crippen LogP contribution is 2.34. The van der Waals surface area contributed by atoms with Crippen LogP contribution < -0.4 is 4.90 Å². The maximum absolute atomic E-state index is 13.0. The van der Waals surface area contributed by atoms with E-state index in [-0.39, 0.29) is 0 Å². The fourth-order valence-corrected chi connectivity index (χ4v) is 4.59. The lowest BCUT2D eigenvalue weighted by Crippen LogP contribution is -2.25. The Morgan fingerprint density at radius 3 is 1.88 bits per heavy atom. The number of sulfonamides is 1. The van der Waals surface area contributed by atoms with Crippen molar-refractivity contribution in [1.82, 2.24) is 0 Å². The van der Waals surface area contributed by atoms with Crippen molar-refractivity contribution in [1.29, 1.82) is 0 Å². The van der Waals surface area contributed by atoms with Crippen LogP contribution in [0.15, 0.2) is 32.9 Å². The average Bonchev–Trinajstić information content (AvgIpc) is 2.97. The predicted octanol–water partition coefficient (Wildman–Crippen LogP) is 3.82. The van der Waals surface area contributed by atoms with Crippen LogP contribution >= 0.6 is 0 Å². The van der Waals surface area contributed by atoms with Gasteiger partial charge in [0.1, 0.15) is 0 Å². The highest BCUT2D eigenvalue weighted by Gasteiger charge is 2.48. The molecular weight excluding hydrogens is 382 g/mol. The lowest BCUT2D eigenvalue weighted by atomic mass is 10.3. The average molecular weight is 394 g/mol. The van der Waals surface area contributed by atoms with Gasteiger partial charge >= 0.3 is 21.0 Å². The number of halogens is 6. The zero-order valence-corrected chi connectivity index (χ0v) is 13.6. The Labute approximate surface area is 136 Å². The number of rotatable bonds is 3. The molecule has 0 spiro atoms. The molecule has 136 valence electrons. The molecule has 1 saturated heterocycles. The monoisotopic (exact) mass is 394 g/mol. The second-order valence-electron chi connectivity index (χ2n) is 4.91. The van der Waals surface area contributed by atoms with Gasteiger partial charge in [-0.2, -0.15) is 34.8 Å². The van der Waals surface area contributed by atoms with E-state index in [0.29, 0.717) is 5.69 Å². The molecular formula is C12H12F6N2O2S2. The summed E-state index contributed by atoms with van der Waals surface area (Å²) >= 11 is 0. The fourth-order valence-electron chi connectivity index (χ4n) is 2.12. The van der Waals surface area contributed by atoms with Gasteiger partial charge in [-0.3, -0.25) is 0 Å². The van der Waals surface area contributed by atoms with Crippen LogP contribution in [0.5, 0.6) is 0 Å². The molecule has 1 unspecified atom stereocenters. The SMILES string of the molecule is O=S(=O)(/N=S(\c1ccc(N2CCCC2)cc1)C(F)(F)F)C(F)(F)F. The quantitative estimate of drug-likeness (QED) is 0.733. The van der Waals surface area contributed by atoms with Crippen molar-refractivity contribution in [2.45, 2.75) is 28.8 Å². The Balaban J connectivity index is 2.43. The highest BCUT2D eigenvalue weighted by atomic mass is 32.3. The van der Waals surface area contributed by atoms with Gasteiger partial charge in [-0.1, -0.05) is 0 Å². The Morgan fingerprint density at radius 1 is 0.958 bits per heavy atom. The molecule has 1 aliphatic rings. The summed E-state index contributed by atoms with van der Waals surface area (Å²) in [6.07, 6.45) is 1.88. The van der Waals surface area contributed by atoms with Crippen molar-refractivity contribution >= 4 is 26.4 Å². The summed E-state index contributed by atoms with van der Waals surface area (Å²) in [7, 11) is -9.68. The number of benzene rings is 1. The lowest BCUT2D eigenvalue weighted by molar-refractivity contribution is -0.0437. The molecule has 1 atom stereocenters. The maximum Gasteiger partial charge on any atom is 0.519 e. The van der Waals surface area contributed by atoms with E-state index in [1.807, 2.05) is 4.90 Å². The van der Waals surface area contributed by atoms with Crippen molar-refractivity contribution in [2.75, 3.05) is 18.0 Å². The van der Waals surface area contributed by atoms with Crippen molar-refractivity contribution in [3.63, 3.8) is 0 Å². The van der Waals surface area contributed by atoms with Crippen molar-refractivity contribution in [2.24, 2.45) is 3.77 Å². The van der Waals surface area contributed by atoms with Crippen LogP contribution in [0, 0.1) is 0 Å². The first-order valence-electron chi connectivity index (χ1n) is 6.62. The van der Waals surface area contributed by atoms with Crippen LogP contribution in [-0.4, -0.2) is 32.5 Å². The molecule has 0 radical (unpaired) electrons.